The van der Waals surface area contributed by atoms with E-state index < -0.39 is 0 Å². The first kappa shape index (κ1) is 16.5. The van der Waals surface area contributed by atoms with Gasteiger partial charge in [-0.15, -0.1) is 6.58 Å². The van der Waals surface area contributed by atoms with E-state index >= 15 is 0 Å². The van der Waals surface area contributed by atoms with E-state index in [0.29, 0.717) is 17.1 Å². The van der Waals surface area contributed by atoms with Crippen LogP contribution >= 0.6 is 23.8 Å². The lowest BCUT2D eigenvalue weighted by molar-refractivity contribution is 0.620. The molecule has 5 nitrogen and oxygen atoms in total. The summed E-state index contributed by atoms with van der Waals surface area (Å²) in [5, 5.41) is 7.16. The van der Waals surface area contributed by atoms with Crippen molar-refractivity contribution in [1.29, 1.82) is 0 Å². The average Bonchev–Trinajstić information content (AvgIpc) is 2.47. The molecule has 1 aromatic carbocycles. The van der Waals surface area contributed by atoms with Gasteiger partial charge in [0.25, 0.3) is 5.56 Å². The lowest BCUT2D eigenvalue weighted by Crippen LogP contribution is -2.35. The van der Waals surface area contributed by atoms with Crippen LogP contribution in [-0.2, 0) is 0 Å². The third-order valence-electron chi connectivity index (χ3n) is 3.14. The van der Waals surface area contributed by atoms with Crippen molar-refractivity contribution in [3.05, 3.63) is 67.8 Å². The van der Waals surface area contributed by atoms with E-state index in [1.54, 1.807) is 6.92 Å². The lowest BCUT2D eigenvalue weighted by atomic mass is 10.0. The minimum atomic E-state index is -0.274. The van der Waals surface area contributed by atoms with E-state index in [-0.39, 0.29) is 16.4 Å². The van der Waals surface area contributed by atoms with Crippen LogP contribution < -0.4 is 11.0 Å². The van der Waals surface area contributed by atoms with Crippen molar-refractivity contribution < 1.29 is 0 Å². The van der Waals surface area contributed by atoms with Gasteiger partial charge >= 0.3 is 0 Å². The van der Waals surface area contributed by atoms with Crippen LogP contribution in [0.4, 0.5) is 0 Å². The van der Waals surface area contributed by atoms with Gasteiger partial charge in [0.15, 0.2) is 0 Å². The molecule has 0 saturated heterocycles. The third-order valence-corrected chi connectivity index (χ3v) is 3.67. The van der Waals surface area contributed by atoms with E-state index in [4.69, 9.17) is 23.8 Å². The molecule has 0 aliphatic heterocycles. The van der Waals surface area contributed by atoms with Crippen molar-refractivity contribution >= 4 is 23.8 Å². The number of H-pyrrole nitrogens is 1. The Morgan fingerprint density at radius 1 is 1.50 bits per heavy atom. The van der Waals surface area contributed by atoms with Crippen LogP contribution in [0.3, 0.4) is 0 Å². The fourth-order valence-electron chi connectivity index (χ4n) is 2.04. The number of hydrogen-bond acceptors (Lipinski definition) is 4. The molecule has 1 aromatic heterocycles. The van der Waals surface area contributed by atoms with E-state index in [0.717, 1.165) is 11.1 Å². The molecule has 0 radical (unpaired) electrons. The van der Waals surface area contributed by atoms with Crippen LogP contribution in [0, 0.1) is 11.7 Å². The molecule has 2 N–H and O–H groups in total. The summed E-state index contributed by atoms with van der Waals surface area (Å²) in [5.41, 5.74) is 5.19. The second-order valence-electron chi connectivity index (χ2n) is 5.15. The van der Waals surface area contributed by atoms with E-state index in [2.05, 4.69) is 22.2 Å². The van der Waals surface area contributed by atoms with E-state index in [9.17, 15) is 4.79 Å². The van der Waals surface area contributed by atoms with Crippen LogP contribution in [0.15, 0.2) is 41.2 Å². The van der Waals surface area contributed by atoms with Gasteiger partial charge in [0.05, 0.1) is 6.04 Å². The molecule has 22 heavy (non-hydrogen) atoms. The summed E-state index contributed by atoms with van der Waals surface area (Å²) in [6, 6.07) is 7.30. The van der Waals surface area contributed by atoms with Crippen molar-refractivity contribution in [2.45, 2.75) is 26.3 Å². The molecular weight excluding hydrogens is 320 g/mol. The highest BCUT2D eigenvalue weighted by Gasteiger charge is 2.14. The summed E-state index contributed by atoms with van der Waals surface area (Å²) in [7, 11) is 0. The highest BCUT2D eigenvalue weighted by atomic mass is 35.5. The fourth-order valence-corrected chi connectivity index (χ4v) is 2.35. The third kappa shape index (κ3) is 3.84. The highest BCUT2D eigenvalue weighted by molar-refractivity contribution is 7.71. The molecule has 2 aromatic rings. The van der Waals surface area contributed by atoms with Gasteiger partial charge in [-0.25, -0.2) is 0 Å². The number of halogens is 1. The summed E-state index contributed by atoms with van der Waals surface area (Å²) >= 11 is 11.1. The molecule has 0 amide bonds. The zero-order chi connectivity index (χ0) is 16.3. The van der Waals surface area contributed by atoms with Gasteiger partial charge in [-0.05, 0) is 50.2 Å². The Kier molecular flexibility index (Phi) is 5.15. The number of aromatic nitrogens is 3. The van der Waals surface area contributed by atoms with Crippen molar-refractivity contribution in [1.82, 2.24) is 14.9 Å². The van der Waals surface area contributed by atoms with Crippen molar-refractivity contribution in [3.63, 3.8) is 0 Å². The van der Waals surface area contributed by atoms with Crippen molar-refractivity contribution in [2.75, 3.05) is 5.43 Å². The molecule has 2 rings (SSSR count). The van der Waals surface area contributed by atoms with E-state index in [1.807, 2.05) is 31.2 Å². The molecule has 7 heteroatoms. The highest BCUT2D eigenvalue weighted by Crippen LogP contribution is 2.23. The Morgan fingerprint density at radius 2 is 2.14 bits per heavy atom. The standard InChI is InChI=1S/C15H17ClN4OS/c1-9(2)8-13(11-4-6-12(16)7-5-11)19-20-14(21)10(3)17-18-15(20)22/h4-7,13,19H,1,8H2,2-3H3,(H,18,22). The quantitative estimate of drug-likeness (QED) is 0.648. The molecule has 0 aliphatic rings. The Bertz CT molecular complexity index is 794. The van der Waals surface area contributed by atoms with Crippen LogP contribution in [-0.4, -0.2) is 14.9 Å². The Balaban J connectivity index is 2.42. The lowest BCUT2D eigenvalue weighted by Gasteiger charge is -2.21. The number of aromatic amines is 1. The van der Waals surface area contributed by atoms with Crippen LogP contribution in [0.2, 0.25) is 5.02 Å². The minimum Gasteiger partial charge on any atom is -0.313 e. The second kappa shape index (κ2) is 6.89. The molecule has 0 spiro atoms. The number of benzene rings is 1. The van der Waals surface area contributed by atoms with Crippen LogP contribution in [0.5, 0.6) is 0 Å². The number of hydrogen-bond donors (Lipinski definition) is 2. The van der Waals surface area contributed by atoms with Gasteiger partial charge in [0.1, 0.15) is 5.69 Å². The van der Waals surface area contributed by atoms with Gasteiger partial charge in [0, 0.05) is 5.02 Å². The largest absolute Gasteiger partial charge is 0.313 e. The van der Waals surface area contributed by atoms with Crippen molar-refractivity contribution in [3.8, 4) is 0 Å². The Morgan fingerprint density at radius 3 is 2.73 bits per heavy atom. The molecule has 0 fully saturated rings. The summed E-state index contributed by atoms with van der Waals surface area (Å²) in [6.07, 6.45) is 0.657. The molecule has 0 aliphatic carbocycles. The van der Waals surface area contributed by atoms with Gasteiger partial charge in [-0.2, -0.15) is 9.77 Å². The maximum Gasteiger partial charge on any atom is 0.294 e. The molecule has 1 heterocycles. The first-order valence-corrected chi connectivity index (χ1v) is 7.52. The van der Waals surface area contributed by atoms with Gasteiger partial charge in [-0.3, -0.25) is 9.89 Å². The smallest absolute Gasteiger partial charge is 0.294 e. The number of nitrogens with zero attached hydrogens (tertiary/aromatic N) is 2. The van der Waals surface area contributed by atoms with Gasteiger partial charge < -0.3 is 5.43 Å². The molecule has 0 saturated carbocycles. The topological polar surface area (TPSA) is 62.7 Å². The predicted molar refractivity (Wildman–Crippen MR) is 91.4 cm³/mol. The Labute approximate surface area is 138 Å². The molecule has 1 unspecified atom stereocenters. The number of rotatable bonds is 5. The minimum absolute atomic E-state index is 0.149. The van der Waals surface area contributed by atoms with Crippen LogP contribution in [0.25, 0.3) is 0 Å². The second-order valence-corrected chi connectivity index (χ2v) is 5.97. The fraction of sp³-hybridized carbons (Fsp3) is 0.267. The van der Waals surface area contributed by atoms with Gasteiger partial charge in [0.2, 0.25) is 4.77 Å². The molecular formula is C15H17ClN4OS. The zero-order valence-corrected chi connectivity index (χ0v) is 14.0. The molecule has 0 bridgehead atoms. The molecule has 1 atom stereocenters. The summed E-state index contributed by atoms with van der Waals surface area (Å²) in [4.78, 5) is 12.2. The SMILES string of the molecule is C=C(C)CC(Nn1c(=S)[nH]nc(C)c1=O)c1ccc(Cl)cc1. The van der Waals surface area contributed by atoms with Crippen LogP contribution in [0.1, 0.15) is 30.6 Å². The first-order chi connectivity index (χ1) is 10.4. The summed E-state index contributed by atoms with van der Waals surface area (Å²) < 4.78 is 1.52. The number of nitrogens with one attached hydrogen (secondary N) is 2. The maximum atomic E-state index is 12.2. The molecule has 116 valence electrons. The predicted octanol–water partition coefficient (Wildman–Crippen LogP) is 3.51. The monoisotopic (exact) mass is 336 g/mol. The summed E-state index contributed by atoms with van der Waals surface area (Å²) in [6.45, 7) is 7.51. The average molecular weight is 337 g/mol. The van der Waals surface area contributed by atoms with E-state index in [1.165, 1.54) is 4.68 Å². The Hall–Kier alpha value is -1.92. The zero-order valence-electron chi connectivity index (χ0n) is 12.4. The van der Waals surface area contributed by atoms with Gasteiger partial charge in [-0.1, -0.05) is 29.3 Å². The maximum absolute atomic E-state index is 12.2. The van der Waals surface area contributed by atoms with Crippen molar-refractivity contribution in [2.24, 2.45) is 0 Å². The number of aryl methyl sites for hydroxylation is 1. The summed E-state index contributed by atoms with van der Waals surface area (Å²) in [5.74, 6) is 0. The normalized spacial score (nSPS) is 12.0. The first-order valence-electron chi connectivity index (χ1n) is 6.73.